The lowest BCUT2D eigenvalue weighted by atomic mass is 9.97. The molecule has 3 aromatic rings. The van der Waals surface area contributed by atoms with Crippen LogP contribution in [-0.4, -0.2) is 129 Å². The Morgan fingerprint density at radius 3 is 1.92 bits per heavy atom. The van der Waals surface area contributed by atoms with Crippen molar-refractivity contribution >= 4 is 92.5 Å². The van der Waals surface area contributed by atoms with E-state index in [-0.39, 0.29) is 37.3 Å². The first-order chi connectivity index (χ1) is 31.5. The van der Waals surface area contributed by atoms with Crippen molar-refractivity contribution in [3.8, 4) is 0 Å². The average Bonchev–Trinajstić information content (AvgIpc) is 3.27. The number of para-hydroxylation sites is 2. The second-order valence-corrected chi connectivity index (χ2v) is 17.1. The zero-order chi connectivity index (χ0) is 48.3. The number of primary amides is 1. The zero-order valence-electron chi connectivity index (χ0n) is 36.9. The van der Waals surface area contributed by atoms with Gasteiger partial charge in [0, 0.05) is 23.1 Å². The van der Waals surface area contributed by atoms with E-state index in [0.717, 1.165) is 39.3 Å². The number of carboxylic acids is 2. The molecule has 66 heavy (non-hydrogen) atoms. The number of fused-ring (bicyclic) bond motifs is 2. The lowest BCUT2D eigenvalue weighted by Crippen LogP contribution is -2.61. The predicted molar refractivity (Wildman–Crippen MR) is 247 cm³/mol. The van der Waals surface area contributed by atoms with Gasteiger partial charge in [0.2, 0.25) is 41.4 Å². The van der Waals surface area contributed by atoms with Crippen LogP contribution in [0.4, 0.5) is 5.69 Å². The third-order valence-electron chi connectivity index (χ3n) is 11.0. The number of aromatic nitrogens is 1. The summed E-state index contributed by atoms with van der Waals surface area (Å²) in [7, 11) is 0. The molecular formula is C44H60N10O11S. The highest BCUT2D eigenvalue weighted by Gasteiger charge is 2.36. The highest BCUT2D eigenvalue weighted by Crippen LogP contribution is 2.30. The molecule has 1 aromatic heterocycles. The molecule has 2 aromatic carbocycles. The van der Waals surface area contributed by atoms with E-state index in [9.17, 15) is 53.4 Å². The number of anilines is 1. The number of nitrogens with one attached hydrogen (secondary N) is 7. The third-order valence-corrected chi connectivity index (χ3v) is 12.1. The first-order valence-electron chi connectivity index (χ1n) is 21.9. The first kappa shape index (κ1) is 52.1. The Balaban J connectivity index is 1.55. The molecule has 0 bridgehead atoms. The molecule has 0 spiro atoms. The second kappa shape index (κ2) is 25.8. The van der Waals surface area contributed by atoms with Crippen molar-refractivity contribution in [1.82, 2.24) is 36.9 Å². The van der Waals surface area contributed by atoms with Crippen LogP contribution in [0.1, 0.15) is 71.6 Å². The maximum Gasteiger partial charge on any atom is 0.305 e. The van der Waals surface area contributed by atoms with Crippen LogP contribution in [0.25, 0.3) is 21.8 Å². The summed E-state index contributed by atoms with van der Waals surface area (Å²) in [6, 6.07) is 6.52. The van der Waals surface area contributed by atoms with Crippen LogP contribution in [0, 0.1) is 5.92 Å². The summed E-state index contributed by atoms with van der Waals surface area (Å²) in [4.78, 5) is 123. The van der Waals surface area contributed by atoms with Crippen molar-refractivity contribution in [3.63, 3.8) is 0 Å². The molecule has 0 radical (unpaired) electrons. The Morgan fingerprint density at radius 1 is 0.773 bits per heavy atom. The molecule has 13 N–H and O–H groups in total. The number of aliphatic carboxylic acids is 2. The standard InChI is InChI=1S/C44H60N10O11S/c1-3-24(2)37-44(65)52-31(20-35(56)57)41(62)53-33(22-66-23-34(55)49-30(17-8-10-18-45)40(61)51-32(21-36(58)59)42(63)54-37)43(64)50-29(39(46)60)16-9-11-19-47-38-25-12-4-6-14-27(25)48-28-15-7-5-13-26(28)38/h4-7,12-15,24,29-33,37H,3,8-11,16-23,45H2,1-2H3,(H2,46,60)(H,47,48)(H,49,55)(H,50,64)(H,51,61)(H,52,65)(H,53,62)(H,54,63)(H,56,57)(H,58,59)/t24-,29-,30-,31-,32-,33-,37-/m0/s1. The monoisotopic (exact) mass is 936 g/mol. The Morgan fingerprint density at radius 2 is 1.35 bits per heavy atom. The van der Waals surface area contributed by atoms with Gasteiger partial charge in [-0.15, -0.1) is 11.8 Å². The van der Waals surface area contributed by atoms with Gasteiger partial charge >= 0.3 is 11.9 Å². The van der Waals surface area contributed by atoms with E-state index in [0.29, 0.717) is 32.2 Å². The topological polar surface area (TPSA) is 343 Å². The summed E-state index contributed by atoms with van der Waals surface area (Å²) >= 11 is 0.853. The van der Waals surface area contributed by atoms with Gasteiger partial charge in [-0.1, -0.05) is 56.7 Å². The highest BCUT2D eigenvalue weighted by atomic mass is 32.2. The second-order valence-electron chi connectivity index (χ2n) is 16.1. The van der Waals surface area contributed by atoms with Gasteiger partial charge in [-0.05, 0) is 63.1 Å². The quantitative estimate of drug-likeness (QED) is 0.0567. The first-order valence-corrected chi connectivity index (χ1v) is 23.0. The number of benzene rings is 2. The minimum atomic E-state index is -1.81. The predicted octanol–water partition coefficient (Wildman–Crippen LogP) is 0.236. The molecule has 7 atom stereocenters. The number of hydrogen-bond acceptors (Lipinski definition) is 13. The number of carbonyl (C=O) groups excluding carboxylic acids is 7. The molecule has 0 saturated carbocycles. The van der Waals surface area contributed by atoms with Crippen LogP contribution in [-0.2, 0) is 43.2 Å². The summed E-state index contributed by atoms with van der Waals surface area (Å²) in [6.07, 6.45) is 0.407. The van der Waals surface area contributed by atoms with Crippen molar-refractivity contribution in [1.29, 1.82) is 0 Å². The van der Waals surface area contributed by atoms with Crippen LogP contribution in [0.5, 0.6) is 0 Å². The number of amides is 7. The molecule has 2 heterocycles. The summed E-state index contributed by atoms with van der Waals surface area (Å²) in [5, 5.41) is 39.4. The van der Waals surface area contributed by atoms with E-state index in [1.54, 1.807) is 13.8 Å². The number of thioether (sulfide) groups is 1. The number of carbonyl (C=O) groups is 9. The van der Waals surface area contributed by atoms with Gasteiger partial charge in [-0.25, -0.2) is 4.98 Å². The number of hydrogen-bond donors (Lipinski definition) is 11. The van der Waals surface area contributed by atoms with E-state index in [2.05, 4.69) is 37.2 Å². The van der Waals surface area contributed by atoms with Gasteiger partial charge in [0.25, 0.3) is 0 Å². The zero-order valence-corrected chi connectivity index (χ0v) is 37.7. The van der Waals surface area contributed by atoms with Crippen molar-refractivity contribution < 1.29 is 53.4 Å². The molecule has 1 saturated heterocycles. The van der Waals surface area contributed by atoms with Crippen molar-refractivity contribution in [2.75, 3.05) is 29.9 Å². The van der Waals surface area contributed by atoms with Gasteiger partial charge in [-0.2, -0.15) is 0 Å². The van der Waals surface area contributed by atoms with Gasteiger partial charge < -0.3 is 58.9 Å². The van der Waals surface area contributed by atoms with Gasteiger partial charge in [-0.3, -0.25) is 43.2 Å². The third kappa shape index (κ3) is 15.6. The van der Waals surface area contributed by atoms with Crippen LogP contribution in [0.3, 0.4) is 0 Å². The number of nitrogens with zero attached hydrogens (tertiary/aromatic N) is 1. The number of carboxylic acid groups (broad SMARTS) is 2. The fraction of sp³-hybridized carbons (Fsp3) is 0.500. The average molecular weight is 937 g/mol. The smallest absolute Gasteiger partial charge is 0.305 e. The van der Waals surface area contributed by atoms with Crippen LogP contribution in [0.2, 0.25) is 0 Å². The molecule has 21 nitrogen and oxygen atoms in total. The number of pyridine rings is 1. The maximum absolute atomic E-state index is 13.9. The van der Waals surface area contributed by atoms with Gasteiger partial charge in [0.05, 0.1) is 35.3 Å². The van der Waals surface area contributed by atoms with Gasteiger partial charge in [0.1, 0.15) is 36.3 Å². The van der Waals surface area contributed by atoms with Crippen molar-refractivity contribution in [2.45, 2.75) is 108 Å². The summed E-state index contributed by atoms with van der Waals surface area (Å²) in [5.74, 6) is -10.8. The summed E-state index contributed by atoms with van der Waals surface area (Å²) < 4.78 is 0. The summed E-state index contributed by atoms with van der Waals surface area (Å²) in [6.45, 7) is 4.03. The molecule has 1 aliphatic heterocycles. The molecule has 22 heteroatoms. The Bertz CT molecular complexity index is 2190. The highest BCUT2D eigenvalue weighted by molar-refractivity contribution is 8.00. The van der Waals surface area contributed by atoms with E-state index < -0.39 is 108 Å². The minimum absolute atomic E-state index is 0.0624. The number of nitrogens with two attached hydrogens (primary N) is 2. The minimum Gasteiger partial charge on any atom is -0.481 e. The lowest BCUT2D eigenvalue weighted by molar-refractivity contribution is -0.142. The fourth-order valence-corrected chi connectivity index (χ4v) is 8.11. The number of rotatable bonds is 19. The van der Waals surface area contributed by atoms with Crippen LogP contribution >= 0.6 is 11.8 Å². The SMILES string of the molecule is CC[C@H](C)[C@@H]1NC(=O)[C@H](CC(=O)O)NC(=O)[C@H](CCCCN)NC(=O)CSC[C@@H](C(=O)N[C@@H](CCCCNc2c3ccccc3nc3ccccc23)C(N)=O)NC(=O)[C@H](CC(=O)O)NC1=O. The van der Waals surface area contributed by atoms with E-state index in [1.807, 2.05) is 48.5 Å². The summed E-state index contributed by atoms with van der Waals surface area (Å²) in [5.41, 5.74) is 13.9. The van der Waals surface area contributed by atoms with Gasteiger partial charge in [0.15, 0.2) is 0 Å². The molecule has 1 aliphatic rings. The fourth-order valence-electron chi connectivity index (χ4n) is 7.25. The largest absolute Gasteiger partial charge is 0.481 e. The molecule has 1 fully saturated rings. The Labute approximate surface area is 385 Å². The Kier molecular flexibility index (Phi) is 20.4. The Hall–Kier alpha value is -6.55. The van der Waals surface area contributed by atoms with Crippen molar-refractivity contribution in [3.05, 3.63) is 48.5 Å². The molecule has 0 aliphatic carbocycles. The van der Waals surface area contributed by atoms with E-state index in [4.69, 9.17) is 16.5 Å². The normalized spacial score (nSPS) is 21.1. The number of unbranched alkanes of at least 4 members (excludes halogenated alkanes) is 2. The molecule has 358 valence electrons. The maximum atomic E-state index is 13.9. The van der Waals surface area contributed by atoms with E-state index >= 15 is 0 Å². The lowest BCUT2D eigenvalue weighted by Gasteiger charge is -2.29. The van der Waals surface area contributed by atoms with E-state index in [1.165, 1.54) is 0 Å². The molecule has 7 amide bonds. The molecule has 0 unspecified atom stereocenters. The molecular weight excluding hydrogens is 877 g/mol. The van der Waals surface area contributed by atoms with Crippen molar-refractivity contribution in [2.24, 2.45) is 17.4 Å². The van der Waals surface area contributed by atoms with Crippen LogP contribution < -0.4 is 48.7 Å². The van der Waals surface area contributed by atoms with Crippen LogP contribution in [0.15, 0.2) is 48.5 Å². The molecule has 4 rings (SSSR count).